The minimum absolute atomic E-state index is 0.311. The summed E-state index contributed by atoms with van der Waals surface area (Å²) in [7, 11) is 0. The van der Waals surface area contributed by atoms with Crippen LogP contribution in [-0.4, -0.2) is 47.2 Å². The number of ether oxygens (including phenoxy) is 4. The maximum atomic E-state index is 13.8. The Morgan fingerprint density at radius 2 is 1.90 bits per heavy atom. The van der Waals surface area contributed by atoms with Gasteiger partial charge in [-0.3, -0.25) is 14.4 Å². The van der Waals surface area contributed by atoms with Gasteiger partial charge in [0.05, 0.1) is 11.7 Å². The molecule has 0 bridgehead atoms. The van der Waals surface area contributed by atoms with E-state index < -0.39 is 39.7 Å². The summed E-state index contributed by atoms with van der Waals surface area (Å²) in [6.07, 6.45) is 6.09. The number of carbonyl (C=O) groups excluding carboxylic acids is 3. The Morgan fingerprint density at radius 3 is 2.55 bits per heavy atom. The van der Waals surface area contributed by atoms with Gasteiger partial charge in [0.1, 0.15) is 17.8 Å². The van der Waals surface area contributed by atoms with E-state index in [1.54, 1.807) is 13.2 Å². The fourth-order valence-corrected chi connectivity index (χ4v) is 7.35. The lowest BCUT2D eigenvalue weighted by molar-refractivity contribution is -0.285. The van der Waals surface area contributed by atoms with E-state index in [1.807, 2.05) is 13.0 Å². The second-order valence-corrected chi connectivity index (χ2v) is 10.1. The predicted octanol–water partition coefficient (Wildman–Crippen LogP) is 2.46. The SMILES string of the molecule is CC(=O)O[C@@]1(C)C(=O)[C@H]2OC(=O)[C@@]3(C)CCC[C@@](C)([C@@H]23)[C@]12CC[C@]1(C=COC1)O2. The van der Waals surface area contributed by atoms with Gasteiger partial charge in [-0.05, 0) is 45.6 Å². The minimum Gasteiger partial charge on any atom is -0.498 e. The van der Waals surface area contributed by atoms with E-state index in [9.17, 15) is 14.4 Å². The lowest BCUT2D eigenvalue weighted by Crippen LogP contribution is -2.77. The molecule has 7 nitrogen and oxygen atoms in total. The average Bonchev–Trinajstić information content (AvgIpc) is 3.33. The normalized spacial score (nSPS) is 52.6. The van der Waals surface area contributed by atoms with Gasteiger partial charge in [0.2, 0.25) is 5.78 Å². The number of Topliss-reactive ketones (excluding diaryl/α,β-unsaturated/α-hetero) is 1. The van der Waals surface area contributed by atoms with Crippen LogP contribution in [0.4, 0.5) is 0 Å². The summed E-state index contributed by atoms with van der Waals surface area (Å²) in [6, 6.07) is 0. The number of esters is 2. The van der Waals surface area contributed by atoms with Crippen molar-refractivity contribution in [3.63, 3.8) is 0 Å². The third kappa shape index (κ3) is 2.00. The first-order valence-corrected chi connectivity index (χ1v) is 10.5. The summed E-state index contributed by atoms with van der Waals surface area (Å²) in [5.74, 6) is -1.55. The van der Waals surface area contributed by atoms with Gasteiger partial charge < -0.3 is 18.9 Å². The molecule has 5 aliphatic rings. The van der Waals surface area contributed by atoms with E-state index in [4.69, 9.17) is 18.9 Å². The molecule has 7 atom stereocenters. The molecule has 4 fully saturated rings. The molecular formula is C22H28O7. The average molecular weight is 404 g/mol. The van der Waals surface area contributed by atoms with Crippen molar-refractivity contribution < 1.29 is 33.3 Å². The smallest absolute Gasteiger partial charge is 0.312 e. The van der Waals surface area contributed by atoms with Crippen LogP contribution in [0.5, 0.6) is 0 Å². The molecule has 0 aromatic heterocycles. The Labute approximate surface area is 170 Å². The summed E-state index contributed by atoms with van der Waals surface area (Å²) in [4.78, 5) is 38.8. The van der Waals surface area contributed by atoms with Gasteiger partial charge in [0, 0.05) is 18.3 Å². The number of rotatable bonds is 1. The van der Waals surface area contributed by atoms with E-state index in [0.717, 1.165) is 12.8 Å². The largest absolute Gasteiger partial charge is 0.498 e. The standard InChI is InChI=1S/C22H28O7/c1-13(23)28-20(4)16(24)14-15-18(2,17(25)27-14)6-5-7-19(15,3)22(20)9-8-21(29-22)10-11-26-12-21/h10-11,14-15H,5-9,12H2,1-4H3/t14-,15-,18-,19-,20-,21+,22+/m0/s1. The Kier molecular flexibility index (Phi) is 3.57. The minimum atomic E-state index is -1.54. The number of fused-ring (bicyclic) bond motifs is 1. The molecule has 0 aromatic carbocycles. The highest BCUT2D eigenvalue weighted by atomic mass is 16.6. The molecule has 3 heterocycles. The van der Waals surface area contributed by atoms with Gasteiger partial charge in [0.15, 0.2) is 11.7 Å². The van der Waals surface area contributed by atoms with Gasteiger partial charge in [-0.1, -0.05) is 13.3 Å². The van der Waals surface area contributed by atoms with E-state index >= 15 is 0 Å². The molecule has 29 heavy (non-hydrogen) atoms. The van der Waals surface area contributed by atoms with Gasteiger partial charge in [-0.2, -0.15) is 0 Å². The van der Waals surface area contributed by atoms with E-state index in [1.165, 1.54) is 6.92 Å². The van der Waals surface area contributed by atoms with Gasteiger partial charge in [0.25, 0.3) is 0 Å². The molecule has 2 saturated carbocycles. The zero-order valence-electron chi connectivity index (χ0n) is 17.4. The van der Waals surface area contributed by atoms with E-state index in [0.29, 0.717) is 25.9 Å². The highest BCUT2D eigenvalue weighted by Gasteiger charge is 2.82. The van der Waals surface area contributed by atoms with Crippen LogP contribution in [0.3, 0.4) is 0 Å². The molecular weight excluding hydrogens is 376 g/mol. The Hall–Kier alpha value is -1.89. The topological polar surface area (TPSA) is 88.1 Å². The predicted molar refractivity (Wildman–Crippen MR) is 99.5 cm³/mol. The Bertz CT molecular complexity index is 850. The van der Waals surface area contributed by atoms with Crippen LogP contribution < -0.4 is 0 Å². The molecule has 0 amide bonds. The van der Waals surface area contributed by atoms with Gasteiger partial charge >= 0.3 is 11.9 Å². The van der Waals surface area contributed by atoms with Crippen LogP contribution in [0.25, 0.3) is 0 Å². The fourth-order valence-electron chi connectivity index (χ4n) is 7.35. The third-order valence-corrected chi connectivity index (χ3v) is 8.61. The van der Waals surface area contributed by atoms with Crippen molar-refractivity contribution in [3.8, 4) is 0 Å². The fraction of sp³-hybridized carbons (Fsp3) is 0.773. The molecule has 0 aromatic rings. The summed E-state index contributed by atoms with van der Waals surface area (Å²) < 4.78 is 23.8. The van der Waals surface area contributed by atoms with Crippen LogP contribution in [0, 0.1) is 16.7 Å². The quantitative estimate of drug-likeness (QED) is 0.620. The lowest BCUT2D eigenvalue weighted by Gasteiger charge is -2.63. The summed E-state index contributed by atoms with van der Waals surface area (Å²) in [5, 5.41) is 0. The number of hydrogen-bond acceptors (Lipinski definition) is 7. The molecule has 2 spiro atoms. The Morgan fingerprint density at radius 1 is 1.14 bits per heavy atom. The van der Waals surface area contributed by atoms with Crippen LogP contribution in [0.1, 0.15) is 59.8 Å². The van der Waals surface area contributed by atoms with Crippen molar-refractivity contribution in [1.82, 2.24) is 0 Å². The number of hydrogen-bond donors (Lipinski definition) is 0. The Balaban J connectivity index is 1.73. The van der Waals surface area contributed by atoms with Crippen molar-refractivity contribution in [2.45, 2.75) is 82.7 Å². The molecule has 0 unspecified atom stereocenters. The summed E-state index contributed by atoms with van der Waals surface area (Å²) in [5.41, 5.74) is -4.56. The molecule has 5 rings (SSSR count). The van der Waals surface area contributed by atoms with Crippen LogP contribution in [-0.2, 0) is 33.3 Å². The van der Waals surface area contributed by atoms with E-state index in [-0.39, 0.29) is 17.7 Å². The van der Waals surface area contributed by atoms with Crippen molar-refractivity contribution >= 4 is 17.7 Å². The van der Waals surface area contributed by atoms with Crippen molar-refractivity contribution in [3.05, 3.63) is 12.3 Å². The maximum absolute atomic E-state index is 13.8. The molecule has 0 radical (unpaired) electrons. The molecule has 2 aliphatic carbocycles. The van der Waals surface area contributed by atoms with Crippen LogP contribution in [0.15, 0.2) is 12.3 Å². The monoisotopic (exact) mass is 404 g/mol. The van der Waals surface area contributed by atoms with Gasteiger partial charge in [-0.15, -0.1) is 0 Å². The zero-order valence-corrected chi connectivity index (χ0v) is 17.4. The summed E-state index contributed by atoms with van der Waals surface area (Å²) >= 11 is 0. The van der Waals surface area contributed by atoms with Crippen LogP contribution in [0.2, 0.25) is 0 Å². The van der Waals surface area contributed by atoms with Crippen LogP contribution >= 0.6 is 0 Å². The highest BCUT2D eigenvalue weighted by molar-refractivity contribution is 6.00. The van der Waals surface area contributed by atoms with Crippen molar-refractivity contribution in [2.75, 3.05) is 6.61 Å². The number of carbonyl (C=O) groups is 3. The molecule has 158 valence electrons. The van der Waals surface area contributed by atoms with Crippen molar-refractivity contribution in [1.29, 1.82) is 0 Å². The first-order chi connectivity index (χ1) is 13.5. The first-order valence-electron chi connectivity index (χ1n) is 10.5. The number of ketones is 1. The maximum Gasteiger partial charge on any atom is 0.312 e. The summed E-state index contributed by atoms with van der Waals surface area (Å²) in [6.45, 7) is 7.33. The van der Waals surface area contributed by atoms with E-state index in [2.05, 4.69) is 6.92 Å². The second-order valence-electron chi connectivity index (χ2n) is 10.1. The van der Waals surface area contributed by atoms with Crippen molar-refractivity contribution in [2.24, 2.45) is 16.7 Å². The van der Waals surface area contributed by atoms with Gasteiger partial charge in [-0.25, -0.2) is 0 Å². The molecule has 2 saturated heterocycles. The molecule has 0 N–H and O–H groups in total. The second kappa shape index (κ2) is 5.42. The lowest BCUT2D eigenvalue weighted by atomic mass is 9.42. The third-order valence-electron chi connectivity index (χ3n) is 8.61. The zero-order chi connectivity index (χ0) is 20.9. The first kappa shape index (κ1) is 19.1. The molecule has 7 heteroatoms. The highest BCUT2D eigenvalue weighted by Crippen LogP contribution is 2.71. The molecule has 3 aliphatic heterocycles.